The maximum absolute atomic E-state index is 12.9. The Morgan fingerprint density at radius 1 is 1.08 bits per heavy atom. The molecule has 0 aliphatic heterocycles. The summed E-state index contributed by atoms with van der Waals surface area (Å²) in [7, 11) is 1.90. The molecule has 1 aromatic carbocycles. The van der Waals surface area contributed by atoms with Crippen molar-refractivity contribution in [3.8, 4) is 0 Å². The molecule has 1 N–H and O–H groups in total. The van der Waals surface area contributed by atoms with Crippen LogP contribution in [0.1, 0.15) is 15.9 Å². The van der Waals surface area contributed by atoms with E-state index in [1.807, 2.05) is 24.1 Å². The second-order valence-corrected chi connectivity index (χ2v) is 5.76. The Labute approximate surface area is 150 Å². The van der Waals surface area contributed by atoms with Crippen LogP contribution in [0.2, 0.25) is 0 Å². The van der Waals surface area contributed by atoms with E-state index < -0.39 is 0 Å². The summed E-state index contributed by atoms with van der Waals surface area (Å²) in [5.41, 5.74) is 2.03. The molecule has 2 heterocycles. The topological polar surface area (TPSA) is 71.0 Å². The minimum Gasteiger partial charge on any atom is -0.344 e. The molecule has 0 aliphatic rings. The normalized spacial score (nSPS) is 10.4. The smallest absolute Gasteiger partial charge is 0.258 e. The van der Waals surface area contributed by atoms with E-state index in [9.17, 15) is 9.18 Å². The first-order valence-corrected chi connectivity index (χ1v) is 8.11. The largest absolute Gasteiger partial charge is 0.344 e. The number of benzene rings is 1. The van der Waals surface area contributed by atoms with Gasteiger partial charge in [-0.15, -0.1) is 0 Å². The molecule has 2 aromatic heterocycles. The average molecular weight is 351 g/mol. The van der Waals surface area contributed by atoms with E-state index in [4.69, 9.17) is 0 Å². The highest BCUT2D eigenvalue weighted by molar-refractivity contribution is 6.03. The van der Waals surface area contributed by atoms with Gasteiger partial charge in [-0.2, -0.15) is 0 Å². The molecule has 0 spiro atoms. The van der Waals surface area contributed by atoms with Gasteiger partial charge in [-0.1, -0.05) is 0 Å². The molecular formula is C19H18FN5O. The summed E-state index contributed by atoms with van der Waals surface area (Å²) in [6, 6.07) is 9.50. The lowest BCUT2D eigenvalue weighted by atomic mass is 10.2. The van der Waals surface area contributed by atoms with Gasteiger partial charge in [0.05, 0.1) is 5.56 Å². The Morgan fingerprint density at radius 3 is 2.38 bits per heavy atom. The molecule has 0 aliphatic carbocycles. The number of carbonyl (C=O) groups is 1. The monoisotopic (exact) mass is 351 g/mol. The van der Waals surface area contributed by atoms with Crippen LogP contribution in [0.5, 0.6) is 0 Å². The Kier molecular flexibility index (Phi) is 5.48. The Morgan fingerprint density at radius 2 is 1.73 bits per heavy atom. The number of likely N-dealkylation sites (N-methyl/N-ethyl adjacent to an activating group) is 1. The Balaban J connectivity index is 1.58. The third-order valence-electron chi connectivity index (χ3n) is 3.83. The highest BCUT2D eigenvalue weighted by atomic mass is 19.1. The van der Waals surface area contributed by atoms with Gasteiger partial charge in [-0.05, 0) is 48.4 Å². The average Bonchev–Trinajstić information content (AvgIpc) is 2.69. The number of nitrogens with one attached hydrogen (secondary N) is 1. The van der Waals surface area contributed by atoms with Crippen molar-refractivity contribution < 1.29 is 9.18 Å². The van der Waals surface area contributed by atoms with Crippen molar-refractivity contribution in [2.75, 3.05) is 23.8 Å². The molecule has 0 saturated carbocycles. The summed E-state index contributed by atoms with van der Waals surface area (Å²) in [6.45, 7) is 0.741. The molecule has 132 valence electrons. The molecule has 3 aromatic rings. The van der Waals surface area contributed by atoms with Gasteiger partial charge in [0, 0.05) is 44.1 Å². The van der Waals surface area contributed by atoms with Crippen molar-refractivity contribution in [2.24, 2.45) is 0 Å². The van der Waals surface area contributed by atoms with E-state index in [0.29, 0.717) is 17.2 Å². The second kappa shape index (κ2) is 8.15. The molecule has 0 atom stereocenters. The number of rotatable bonds is 6. The first kappa shape index (κ1) is 17.5. The van der Waals surface area contributed by atoms with Crippen LogP contribution < -0.4 is 10.2 Å². The quantitative estimate of drug-likeness (QED) is 0.739. The van der Waals surface area contributed by atoms with E-state index in [-0.39, 0.29) is 11.7 Å². The van der Waals surface area contributed by atoms with Gasteiger partial charge in [0.25, 0.3) is 5.91 Å². The predicted octanol–water partition coefficient (Wildman–Crippen LogP) is 2.94. The highest BCUT2D eigenvalue weighted by Crippen LogP contribution is 2.11. The third kappa shape index (κ3) is 4.60. The van der Waals surface area contributed by atoms with Gasteiger partial charge in [0.2, 0.25) is 5.95 Å². The van der Waals surface area contributed by atoms with Crippen LogP contribution in [0.4, 0.5) is 16.0 Å². The van der Waals surface area contributed by atoms with Crippen LogP contribution >= 0.6 is 0 Å². The summed E-state index contributed by atoms with van der Waals surface area (Å²) in [5, 5.41) is 2.68. The van der Waals surface area contributed by atoms with Crippen molar-refractivity contribution in [3.05, 3.63) is 78.1 Å². The van der Waals surface area contributed by atoms with Crippen LogP contribution in [-0.4, -0.2) is 34.5 Å². The minimum absolute atomic E-state index is 0.334. The van der Waals surface area contributed by atoms with Crippen molar-refractivity contribution >= 4 is 17.5 Å². The van der Waals surface area contributed by atoms with Crippen molar-refractivity contribution in [2.45, 2.75) is 6.42 Å². The van der Waals surface area contributed by atoms with Crippen LogP contribution in [0.25, 0.3) is 0 Å². The summed E-state index contributed by atoms with van der Waals surface area (Å²) in [4.78, 5) is 26.6. The molecule has 0 radical (unpaired) electrons. The zero-order valence-electron chi connectivity index (χ0n) is 14.3. The highest BCUT2D eigenvalue weighted by Gasteiger charge is 2.10. The molecule has 6 nitrogen and oxygen atoms in total. The SMILES string of the molecule is CN(CCc1ccncc1)c1ncc(C(=O)Nc2ccc(F)cc2)cn1. The lowest BCUT2D eigenvalue weighted by molar-refractivity contribution is 0.102. The van der Waals surface area contributed by atoms with Crippen LogP contribution in [0.3, 0.4) is 0 Å². The summed E-state index contributed by atoms with van der Waals surface area (Å²) in [6.07, 6.45) is 7.32. The van der Waals surface area contributed by atoms with Gasteiger partial charge < -0.3 is 10.2 Å². The molecule has 7 heteroatoms. The molecule has 1 amide bonds. The number of nitrogens with zero attached hydrogens (tertiary/aromatic N) is 4. The third-order valence-corrected chi connectivity index (χ3v) is 3.83. The number of hydrogen-bond donors (Lipinski definition) is 1. The standard InChI is InChI=1S/C19H18FN5O/c1-25(11-8-14-6-9-21-10-7-14)19-22-12-15(13-23-19)18(26)24-17-4-2-16(20)3-5-17/h2-7,9-10,12-13H,8,11H2,1H3,(H,24,26). The van der Waals surface area contributed by atoms with Crippen LogP contribution in [0, 0.1) is 5.82 Å². The first-order chi connectivity index (χ1) is 12.6. The van der Waals surface area contributed by atoms with Crippen LogP contribution in [-0.2, 0) is 6.42 Å². The number of aromatic nitrogens is 3. The number of anilines is 2. The fourth-order valence-electron chi connectivity index (χ4n) is 2.32. The van der Waals surface area contributed by atoms with Gasteiger partial charge >= 0.3 is 0 Å². The predicted molar refractivity (Wildman–Crippen MR) is 97.6 cm³/mol. The van der Waals surface area contributed by atoms with Gasteiger partial charge in [-0.3, -0.25) is 9.78 Å². The first-order valence-electron chi connectivity index (χ1n) is 8.11. The van der Waals surface area contributed by atoms with E-state index in [1.165, 1.54) is 42.2 Å². The number of halogens is 1. The fraction of sp³-hybridized carbons (Fsp3) is 0.158. The van der Waals surface area contributed by atoms with Crippen molar-refractivity contribution in [1.29, 1.82) is 0 Å². The van der Waals surface area contributed by atoms with Crippen molar-refractivity contribution in [3.63, 3.8) is 0 Å². The summed E-state index contributed by atoms with van der Waals surface area (Å²) < 4.78 is 12.9. The molecule has 0 saturated heterocycles. The molecule has 0 unspecified atom stereocenters. The van der Waals surface area contributed by atoms with Crippen molar-refractivity contribution in [1.82, 2.24) is 15.0 Å². The number of carbonyl (C=O) groups excluding carboxylic acids is 1. The zero-order valence-corrected chi connectivity index (χ0v) is 14.3. The Hall–Kier alpha value is -3.35. The van der Waals surface area contributed by atoms with Gasteiger partial charge in [0.15, 0.2) is 0 Å². The van der Waals surface area contributed by atoms with Gasteiger partial charge in [-0.25, -0.2) is 14.4 Å². The zero-order chi connectivity index (χ0) is 18.4. The van der Waals surface area contributed by atoms with Crippen LogP contribution in [0.15, 0.2) is 61.2 Å². The molecule has 0 bridgehead atoms. The number of amides is 1. The fourth-order valence-corrected chi connectivity index (χ4v) is 2.32. The maximum Gasteiger partial charge on any atom is 0.258 e. The molecular weight excluding hydrogens is 333 g/mol. The van der Waals surface area contributed by atoms with Gasteiger partial charge in [0.1, 0.15) is 5.82 Å². The lowest BCUT2D eigenvalue weighted by Gasteiger charge is -2.16. The number of hydrogen-bond acceptors (Lipinski definition) is 5. The summed E-state index contributed by atoms with van der Waals surface area (Å²) >= 11 is 0. The second-order valence-electron chi connectivity index (χ2n) is 5.76. The lowest BCUT2D eigenvalue weighted by Crippen LogP contribution is -2.23. The van der Waals surface area contributed by atoms with E-state index in [2.05, 4.69) is 20.3 Å². The molecule has 26 heavy (non-hydrogen) atoms. The molecule has 3 rings (SSSR count). The van der Waals surface area contributed by atoms with E-state index >= 15 is 0 Å². The Bertz CT molecular complexity index is 853. The van der Waals surface area contributed by atoms with E-state index in [1.54, 1.807) is 12.4 Å². The van der Waals surface area contributed by atoms with E-state index in [0.717, 1.165) is 13.0 Å². The molecule has 0 fully saturated rings. The minimum atomic E-state index is -0.356. The maximum atomic E-state index is 12.9. The summed E-state index contributed by atoms with van der Waals surface area (Å²) in [5.74, 6) is -0.162. The number of pyridine rings is 1.